The summed E-state index contributed by atoms with van der Waals surface area (Å²) in [7, 11) is 0. The summed E-state index contributed by atoms with van der Waals surface area (Å²) in [5, 5.41) is 4.87. The summed E-state index contributed by atoms with van der Waals surface area (Å²) in [5.41, 5.74) is 6.01. The number of nitrogens with one attached hydrogen (secondary N) is 1. The van der Waals surface area contributed by atoms with Gasteiger partial charge in [-0.05, 0) is 51.0 Å². The van der Waals surface area contributed by atoms with E-state index in [0.29, 0.717) is 37.7 Å². The number of ether oxygens (including phenoxy) is 1. The highest BCUT2D eigenvalue weighted by atomic mass is 32.1. The molecule has 1 aromatic heterocycles. The van der Waals surface area contributed by atoms with Crippen LogP contribution in [0.15, 0.2) is 11.4 Å². The van der Waals surface area contributed by atoms with Crippen molar-refractivity contribution in [2.75, 3.05) is 25.4 Å². The van der Waals surface area contributed by atoms with Crippen LogP contribution in [0.1, 0.15) is 38.5 Å². The molecule has 0 aromatic carbocycles. The van der Waals surface area contributed by atoms with E-state index in [1.807, 2.05) is 32.2 Å². The lowest BCUT2D eigenvalue weighted by Gasteiger charge is -2.33. The molecule has 2 heterocycles. The largest absolute Gasteiger partial charge is 0.444 e. The van der Waals surface area contributed by atoms with E-state index in [4.69, 9.17) is 10.5 Å². The Morgan fingerprint density at radius 3 is 2.58 bits per heavy atom. The zero-order chi connectivity index (χ0) is 17.7. The first-order chi connectivity index (χ1) is 11.2. The molecule has 2 rings (SSSR count). The summed E-state index contributed by atoms with van der Waals surface area (Å²) in [6.45, 7) is 7.60. The number of amides is 2. The maximum atomic E-state index is 12.0. The Balaban J connectivity index is 1.69. The van der Waals surface area contributed by atoms with E-state index in [1.165, 1.54) is 11.3 Å². The van der Waals surface area contributed by atoms with Gasteiger partial charge in [0.15, 0.2) is 0 Å². The average Bonchev–Trinajstić information content (AvgIpc) is 2.89. The first-order valence-electron chi connectivity index (χ1n) is 8.31. The van der Waals surface area contributed by atoms with Crippen LogP contribution >= 0.6 is 11.3 Å². The third kappa shape index (κ3) is 5.70. The fourth-order valence-electron chi connectivity index (χ4n) is 2.61. The van der Waals surface area contributed by atoms with Gasteiger partial charge in [-0.2, -0.15) is 0 Å². The minimum Gasteiger partial charge on any atom is -0.444 e. The highest BCUT2D eigenvalue weighted by molar-refractivity contribution is 7.10. The molecule has 0 spiro atoms. The summed E-state index contributed by atoms with van der Waals surface area (Å²) < 4.78 is 5.39. The summed E-state index contributed by atoms with van der Waals surface area (Å²) >= 11 is 1.50. The van der Waals surface area contributed by atoms with Crippen LogP contribution in [0.2, 0.25) is 0 Å². The van der Waals surface area contributed by atoms with Gasteiger partial charge in [0, 0.05) is 30.2 Å². The van der Waals surface area contributed by atoms with Crippen molar-refractivity contribution in [2.24, 2.45) is 5.92 Å². The number of hydrogen-bond acceptors (Lipinski definition) is 5. The fourth-order valence-corrected chi connectivity index (χ4v) is 3.40. The molecule has 1 fully saturated rings. The lowest BCUT2D eigenvalue weighted by Crippen LogP contribution is -2.43. The van der Waals surface area contributed by atoms with Gasteiger partial charge in [-0.25, -0.2) is 4.79 Å². The number of carbonyl (C=O) groups is 2. The Morgan fingerprint density at radius 2 is 2.04 bits per heavy atom. The minimum absolute atomic E-state index is 0.00118. The number of hydrogen-bond donors (Lipinski definition) is 2. The zero-order valence-electron chi connectivity index (χ0n) is 14.6. The van der Waals surface area contributed by atoms with Crippen molar-refractivity contribution < 1.29 is 14.3 Å². The van der Waals surface area contributed by atoms with E-state index >= 15 is 0 Å². The molecule has 1 aliphatic heterocycles. The Kier molecular flexibility index (Phi) is 6.10. The van der Waals surface area contributed by atoms with Crippen LogP contribution < -0.4 is 11.1 Å². The number of anilines is 1. The van der Waals surface area contributed by atoms with Crippen molar-refractivity contribution in [3.63, 3.8) is 0 Å². The molecule has 1 aliphatic rings. The van der Waals surface area contributed by atoms with Crippen molar-refractivity contribution in [1.29, 1.82) is 0 Å². The number of thiophene rings is 1. The van der Waals surface area contributed by atoms with Gasteiger partial charge in [0.05, 0.1) is 6.42 Å². The summed E-state index contributed by atoms with van der Waals surface area (Å²) in [6.07, 6.45) is 1.83. The van der Waals surface area contributed by atoms with E-state index in [1.54, 1.807) is 4.90 Å². The van der Waals surface area contributed by atoms with Crippen LogP contribution in [-0.2, 0) is 16.0 Å². The lowest BCUT2D eigenvalue weighted by atomic mass is 9.97. The lowest BCUT2D eigenvalue weighted by molar-refractivity contribution is -0.120. The molecule has 0 aliphatic carbocycles. The topological polar surface area (TPSA) is 84.7 Å². The summed E-state index contributed by atoms with van der Waals surface area (Å²) in [6, 6.07) is 1.82. The van der Waals surface area contributed by atoms with Gasteiger partial charge in [0.25, 0.3) is 0 Å². The monoisotopic (exact) mass is 353 g/mol. The molecule has 0 unspecified atom stereocenters. The van der Waals surface area contributed by atoms with Crippen molar-refractivity contribution in [1.82, 2.24) is 10.2 Å². The quantitative estimate of drug-likeness (QED) is 0.871. The van der Waals surface area contributed by atoms with Crippen LogP contribution in [-0.4, -0.2) is 42.1 Å². The van der Waals surface area contributed by atoms with Crippen LogP contribution in [0.3, 0.4) is 0 Å². The van der Waals surface area contributed by atoms with Crippen molar-refractivity contribution in [2.45, 2.75) is 45.6 Å². The van der Waals surface area contributed by atoms with E-state index in [0.717, 1.165) is 17.7 Å². The van der Waals surface area contributed by atoms with E-state index in [-0.39, 0.29) is 12.0 Å². The molecule has 0 saturated carbocycles. The number of likely N-dealkylation sites (tertiary alicyclic amines) is 1. The average molecular weight is 353 g/mol. The third-order valence-electron chi connectivity index (χ3n) is 3.96. The second-order valence-corrected chi connectivity index (χ2v) is 8.19. The highest BCUT2D eigenvalue weighted by Crippen LogP contribution is 2.20. The first-order valence-corrected chi connectivity index (χ1v) is 9.19. The molecule has 0 bridgehead atoms. The number of nitrogens with zero attached hydrogens (tertiary/aromatic N) is 1. The van der Waals surface area contributed by atoms with Crippen molar-refractivity contribution in [3.8, 4) is 0 Å². The van der Waals surface area contributed by atoms with E-state index < -0.39 is 5.60 Å². The maximum Gasteiger partial charge on any atom is 0.410 e. The molecule has 1 saturated heterocycles. The number of rotatable bonds is 4. The number of nitrogens with two attached hydrogens (primary N) is 1. The highest BCUT2D eigenvalue weighted by Gasteiger charge is 2.26. The van der Waals surface area contributed by atoms with Crippen molar-refractivity contribution >= 4 is 29.0 Å². The second kappa shape index (κ2) is 7.88. The number of carbonyl (C=O) groups excluding carboxylic acids is 2. The molecule has 1 aromatic rings. The molecular formula is C17H27N3O3S. The van der Waals surface area contributed by atoms with Gasteiger partial charge >= 0.3 is 6.09 Å². The van der Waals surface area contributed by atoms with Gasteiger partial charge in [-0.3, -0.25) is 4.79 Å². The molecule has 2 amide bonds. The zero-order valence-corrected chi connectivity index (χ0v) is 15.4. The SMILES string of the molecule is CC(C)(C)OC(=O)N1CCC(CNC(=O)Cc2sccc2N)CC1. The van der Waals surface area contributed by atoms with E-state index in [9.17, 15) is 9.59 Å². The van der Waals surface area contributed by atoms with Gasteiger partial charge in [0.2, 0.25) is 5.91 Å². The number of nitrogen functional groups attached to an aromatic ring is 1. The van der Waals surface area contributed by atoms with Crippen LogP contribution in [0.4, 0.5) is 10.5 Å². The van der Waals surface area contributed by atoms with Gasteiger partial charge in [-0.15, -0.1) is 11.3 Å². The smallest absolute Gasteiger partial charge is 0.410 e. The molecule has 24 heavy (non-hydrogen) atoms. The van der Waals surface area contributed by atoms with Crippen molar-refractivity contribution in [3.05, 3.63) is 16.3 Å². The second-order valence-electron chi connectivity index (χ2n) is 7.19. The Morgan fingerprint density at radius 1 is 1.38 bits per heavy atom. The molecule has 0 atom stereocenters. The molecule has 134 valence electrons. The van der Waals surface area contributed by atoms with Crippen LogP contribution in [0.5, 0.6) is 0 Å². The Hall–Kier alpha value is -1.76. The third-order valence-corrected chi connectivity index (χ3v) is 4.89. The molecule has 3 N–H and O–H groups in total. The fraction of sp³-hybridized carbons (Fsp3) is 0.647. The molecule has 6 nitrogen and oxygen atoms in total. The van der Waals surface area contributed by atoms with Gasteiger partial charge < -0.3 is 20.7 Å². The van der Waals surface area contributed by atoms with Crippen LogP contribution in [0.25, 0.3) is 0 Å². The summed E-state index contributed by atoms with van der Waals surface area (Å²) in [4.78, 5) is 26.7. The number of piperidine rings is 1. The minimum atomic E-state index is -0.467. The van der Waals surface area contributed by atoms with Gasteiger partial charge in [-0.1, -0.05) is 0 Å². The molecule has 7 heteroatoms. The summed E-state index contributed by atoms with van der Waals surface area (Å²) in [5.74, 6) is 0.395. The van der Waals surface area contributed by atoms with Gasteiger partial charge in [0.1, 0.15) is 5.60 Å². The van der Waals surface area contributed by atoms with Crippen LogP contribution in [0, 0.1) is 5.92 Å². The predicted molar refractivity (Wildman–Crippen MR) is 96.0 cm³/mol. The maximum absolute atomic E-state index is 12.0. The molecule has 0 radical (unpaired) electrons. The Bertz CT molecular complexity index is 572. The Labute approximate surface area is 147 Å². The van der Waals surface area contributed by atoms with E-state index in [2.05, 4.69) is 5.32 Å². The first kappa shape index (κ1) is 18.6. The normalized spacial score (nSPS) is 16.0. The predicted octanol–water partition coefficient (Wildman–Crippen LogP) is 2.64. The standard InChI is InChI=1S/C17H27N3O3S/c1-17(2,3)23-16(22)20-7-4-12(5-8-20)11-19-15(21)10-14-13(18)6-9-24-14/h6,9,12H,4-5,7-8,10-11,18H2,1-3H3,(H,19,21). The molecular weight excluding hydrogens is 326 g/mol.